The summed E-state index contributed by atoms with van der Waals surface area (Å²) >= 11 is 0. The van der Waals surface area contributed by atoms with Gasteiger partial charge in [0.1, 0.15) is 18.3 Å². The van der Waals surface area contributed by atoms with Crippen molar-refractivity contribution in [1.82, 2.24) is 9.55 Å². The molecule has 0 aliphatic carbocycles. The second kappa shape index (κ2) is 9.39. The Morgan fingerprint density at radius 2 is 1.91 bits per heavy atom. The Balaban J connectivity index is 0.00000242. The normalized spacial score (nSPS) is 27.1. The van der Waals surface area contributed by atoms with Crippen molar-refractivity contribution in [3.8, 4) is 0 Å². The number of nitrogens with one attached hydrogen (secondary N) is 1. The first-order chi connectivity index (χ1) is 9.69. The van der Waals surface area contributed by atoms with E-state index in [2.05, 4.69) is 4.52 Å². The van der Waals surface area contributed by atoms with Crippen LogP contribution in [0.25, 0.3) is 0 Å². The molecule has 1 saturated heterocycles. The van der Waals surface area contributed by atoms with Crippen LogP contribution in [-0.2, 0) is 13.8 Å². The van der Waals surface area contributed by atoms with Crippen molar-refractivity contribution >= 4 is 7.82 Å². The molecule has 0 spiro atoms. The summed E-state index contributed by atoms with van der Waals surface area (Å²) in [7, 11) is -5.26. The van der Waals surface area contributed by atoms with Crippen LogP contribution < -0.4 is 80.2 Å². The van der Waals surface area contributed by atoms with E-state index in [4.69, 9.17) is 4.74 Å². The van der Waals surface area contributed by atoms with Gasteiger partial charge in [-0.15, -0.1) is 0 Å². The monoisotopic (exact) mass is 370 g/mol. The van der Waals surface area contributed by atoms with E-state index in [9.17, 15) is 34.2 Å². The molecule has 0 unspecified atom stereocenters. The average Bonchev–Trinajstić information content (AvgIpc) is 2.64. The molecule has 14 heteroatoms. The smallest absolute Gasteiger partial charge is 0.790 e. The Morgan fingerprint density at radius 3 is 2.43 bits per heavy atom. The van der Waals surface area contributed by atoms with Gasteiger partial charge >= 0.3 is 64.8 Å². The number of aromatic amines is 1. The summed E-state index contributed by atoms with van der Waals surface area (Å²) in [4.78, 5) is 45.2. The summed E-state index contributed by atoms with van der Waals surface area (Å²) < 4.78 is 20.3. The van der Waals surface area contributed by atoms with E-state index in [-0.39, 0.29) is 59.1 Å². The molecule has 3 N–H and O–H groups in total. The zero-order valence-corrected chi connectivity index (χ0v) is 17.2. The fourth-order valence-electron chi connectivity index (χ4n) is 1.89. The first kappa shape index (κ1) is 23.7. The SMILES string of the molecule is O=c1cc[15n]([C@@H]2O[C@H](COP(=O)([O-])[O-])[C@@H](O)[C@@H]2O)c(=O)[15nH]1.[Na+].[Na+]. The first-order valence-electron chi connectivity index (χ1n) is 5.69. The third kappa shape index (κ3) is 6.15. The fourth-order valence-corrected chi connectivity index (χ4v) is 2.22. The number of aliphatic hydroxyl groups is 2. The van der Waals surface area contributed by atoms with Crippen molar-refractivity contribution in [1.29, 1.82) is 0 Å². The minimum atomic E-state index is -5.26. The van der Waals surface area contributed by atoms with E-state index >= 15 is 0 Å². The molecule has 4 atom stereocenters. The standard InChI is InChI=1S/C9H13N2O9P.2Na/c12-5-1-2-11(9(15)10-5)8-7(14)6(13)4(20-8)3-19-21(16,17)18;;/h1-2,4,6-8,13-14H,3H2,(H,10,12,15)(H2,16,17,18);;/q;2*+1/p-2/t4-,6-,7+,8-;;/m1../s1/i10+1,11+1;;. The molecule has 0 aromatic carbocycles. The van der Waals surface area contributed by atoms with Crippen LogP contribution in [0.3, 0.4) is 0 Å². The largest absolute Gasteiger partial charge is 1.00 e. The number of aromatic nitrogens is 2. The Morgan fingerprint density at radius 1 is 1.30 bits per heavy atom. The summed E-state index contributed by atoms with van der Waals surface area (Å²) in [5.41, 5.74) is -1.55. The molecule has 0 radical (unpaired) electrons. The molecule has 118 valence electrons. The maximum atomic E-state index is 11.6. The van der Waals surface area contributed by atoms with E-state index in [1.807, 2.05) is 4.98 Å². The second-order valence-corrected chi connectivity index (χ2v) is 5.46. The number of hydrogen-bond donors (Lipinski definition) is 3. The van der Waals surface area contributed by atoms with Crippen LogP contribution in [0.4, 0.5) is 0 Å². The number of H-pyrrole nitrogens is 1. The van der Waals surface area contributed by atoms with Crippen molar-refractivity contribution in [2.45, 2.75) is 24.5 Å². The van der Waals surface area contributed by atoms with Crippen molar-refractivity contribution in [3.05, 3.63) is 33.1 Å². The number of hydrogen-bond acceptors (Lipinski definition) is 9. The van der Waals surface area contributed by atoms with E-state index in [1.54, 1.807) is 0 Å². The number of rotatable bonds is 4. The summed E-state index contributed by atoms with van der Waals surface area (Å²) in [6.45, 7) is -0.808. The average molecular weight is 370 g/mol. The molecule has 2 heterocycles. The summed E-state index contributed by atoms with van der Waals surface area (Å²) in [6.07, 6.45) is -4.83. The predicted octanol–water partition coefficient (Wildman–Crippen LogP) is -9.99. The summed E-state index contributed by atoms with van der Waals surface area (Å²) in [5, 5.41) is 19.5. The van der Waals surface area contributed by atoms with E-state index in [0.29, 0.717) is 0 Å². The zero-order chi connectivity index (χ0) is 15.8. The molecule has 1 aliphatic rings. The number of phosphoric ester groups is 1. The minimum absolute atomic E-state index is 0. The van der Waals surface area contributed by atoms with E-state index in [1.165, 1.54) is 0 Å². The van der Waals surface area contributed by atoms with E-state index < -0.39 is 50.2 Å². The Bertz CT molecular complexity index is 673. The minimum Gasteiger partial charge on any atom is -0.790 e. The Hall–Kier alpha value is 0.670. The van der Waals surface area contributed by atoms with Gasteiger partial charge in [0, 0.05) is 12.3 Å². The van der Waals surface area contributed by atoms with Crippen molar-refractivity contribution in [2.75, 3.05) is 6.61 Å². The third-order valence-electron chi connectivity index (χ3n) is 2.86. The van der Waals surface area contributed by atoms with Crippen LogP contribution in [0.5, 0.6) is 0 Å². The van der Waals surface area contributed by atoms with Gasteiger partial charge < -0.3 is 33.8 Å². The Kier molecular flexibility index (Phi) is 9.66. The molecular weight excluding hydrogens is 359 g/mol. The van der Waals surface area contributed by atoms with E-state index in [0.717, 1.165) is 16.8 Å². The molecule has 1 aromatic heterocycles. The van der Waals surface area contributed by atoms with Crippen molar-refractivity contribution in [2.24, 2.45) is 0 Å². The molecule has 0 amide bonds. The summed E-state index contributed by atoms with van der Waals surface area (Å²) in [5.74, 6) is 0. The van der Waals surface area contributed by atoms with Gasteiger partial charge in [0.05, 0.1) is 14.4 Å². The number of nitrogens with zero attached hydrogens (tertiary/aromatic N) is 1. The second-order valence-electron chi connectivity index (χ2n) is 4.31. The van der Waals surface area contributed by atoms with Crippen LogP contribution in [0, 0.1) is 0 Å². The predicted molar refractivity (Wildman–Crippen MR) is 60.8 cm³/mol. The summed E-state index contributed by atoms with van der Waals surface area (Å²) in [6, 6.07) is 0.997. The van der Waals surface area contributed by atoms with Gasteiger partial charge in [0.25, 0.3) is 5.56 Å². The van der Waals surface area contributed by atoms with Gasteiger partial charge in [-0.05, 0) is 0 Å². The quantitative estimate of drug-likeness (QED) is 0.343. The molecule has 1 aromatic rings. The molecule has 0 saturated carbocycles. The molecule has 2 rings (SSSR count). The Labute approximate surface area is 173 Å². The van der Waals surface area contributed by atoms with Gasteiger partial charge in [0.15, 0.2) is 6.23 Å². The van der Waals surface area contributed by atoms with Crippen LogP contribution in [0.2, 0.25) is 0 Å². The maximum absolute atomic E-state index is 11.6. The molecule has 1 aliphatic heterocycles. The van der Waals surface area contributed by atoms with Gasteiger partial charge in [0.2, 0.25) is 0 Å². The van der Waals surface area contributed by atoms with Crippen LogP contribution in [0.1, 0.15) is 6.23 Å². The maximum Gasteiger partial charge on any atom is 1.00 e. The topological polar surface area (TPSA) is 177 Å². The fraction of sp³-hybridized carbons (Fsp3) is 0.556. The molecule has 23 heavy (non-hydrogen) atoms. The van der Waals surface area contributed by atoms with Gasteiger partial charge in [-0.3, -0.25) is 14.3 Å². The number of aliphatic hydroxyl groups excluding tert-OH is 2. The van der Waals surface area contributed by atoms with Crippen LogP contribution >= 0.6 is 7.82 Å². The van der Waals surface area contributed by atoms with Crippen LogP contribution in [0.15, 0.2) is 21.9 Å². The number of ether oxygens (including phenoxy) is 1. The molecule has 11 nitrogen and oxygen atoms in total. The third-order valence-corrected chi connectivity index (χ3v) is 3.32. The molecular formula is C9H11N2Na2O9P. The van der Waals surface area contributed by atoms with Crippen LogP contribution in [-0.4, -0.2) is 44.7 Å². The zero-order valence-electron chi connectivity index (χ0n) is 12.3. The van der Waals surface area contributed by atoms with Crippen molar-refractivity contribution < 1.29 is 92.9 Å². The molecule has 1 fully saturated rings. The molecule has 0 bridgehead atoms. The van der Waals surface area contributed by atoms with Gasteiger partial charge in [-0.25, -0.2) is 4.79 Å². The van der Waals surface area contributed by atoms with Gasteiger partial charge in [-0.2, -0.15) is 0 Å². The first-order valence-corrected chi connectivity index (χ1v) is 7.15. The van der Waals surface area contributed by atoms with Gasteiger partial charge in [-0.1, -0.05) is 0 Å². The van der Waals surface area contributed by atoms with Crippen molar-refractivity contribution in [3.63, 3.8) is 0 Å². The number of phosphoric acid groups is 1.